The first-order valence-corrected chi connectivity index (χ1v) is 22.5. The minimum absolute atomic E-state index is 0. The summed E-state index contributed by atoms with van der Waals surface area (Å²) in [6.07, 6.45) is 4.81. The molecule has 0 saturated heterocycles. The molecular formula is C57H48BN5Pt. The van der Waals surface area contributed by atoms with Crippen molar-refractivity contribution >= 4 is 68.3 Å². The van der Waals surface area contributed by atoms with Crippen molar-refractivity contribution in [3.05, 3.63) is 192 Å². The van der Waals surface area contributed by atoms with Gasteiger partial charge in [0.1, 0.15) is 0 Å². The summed E-state index contributed by atoms with van der Waals surface area (Å²) in [5, 5.41) is 0. The Hall–Kier alpha value is -6.49. The number of aromatic nitrogens is 3. The molecule has 0 unspecified atom stereocenters. The van der Waals surface area contributed by atoms with Crippen LogP contribution in [0.2, 0.25) is 0 Å². The Morgan fingerprint density at radius 3 is 1.70 bits per heavy atom. The standard InChI is InChI=1S/C57H48BN5.Pt/c1-6-38-18-24-45(25-19-38)61-51-28-22-42(50-36-41(37(4)5)30-31-59-50)34-47(51)58-48-35-43(57-60-49-16-12-13-17-53(49)63(57)44-14-10-9-11-15-44)23-29-52(48)62(46-26-20-39(7-2)21-27-46)55-33-40(8-3)32-54(61)56(55)58;/h9-33,36-37H,6-8H2,1-5H3;/q-2;+2. The molecule has 9 aromatic rings. The fraction of sp³-hybridized carbons (Fsp3) is 0.158. The minimum atomic E-state index is -0.189. The topological polar surface area (TPSA) is 37.2 Å². The molecule has 0 bridgehead atoms. The molecule has 0 spiro atoms. The normalized spacial score (nSPS) is 12.6. The molecule has 7 heteroatoms. The van der Waals surface area contributed by atoms with Gasteiger partial charge >= 0.3 is 21.1 Å². The number of imidazole rings is 1. The zero-order chi connectivity index (χ0) is 42.8. The van der Waals surface area contributed by atoms with Gasteiger partial charge in [0.15, 0.2) is 0 Å². The van der Waals surface area contributed by atoms with E-state index in [1.807, 2.05) is 6.20 Å². The van der Waals surface area contributed by atoms with Gasteiger partial charge in [0.2, 0.25) is 6.71 Å². The molecule has 5 nitrogen and oxygen atoms in total. The Kier molecular flexibility index (Phi) is 11.0. The van der Waals surface area contributed by atoms with Gasteiger partial charge in [-0.1, -0.05) is 101 Å². The average Bonchev–Trinajstić information content (AvgIpc) is 3.74. The van der Waals surface area contributed by atoms with E-state index in [2.05, 4.69) is 213 Å². The predicted octanol–water partition coefficient (Wildman–Crippen LogP) is 12.2. The number of nitrogens with zero attached hydrogens (tertiary/aromatic N) is 5. The first-order chi connectivity index (χ1) is 30.9. The summed E-state index contributed by atoms with van der Waals surface area (Å²) in [4.78, 5) is 15.2. The molecule has 0 fully saturated rings. The maximum Gasteiger partial charge on any atom is 2.00 e. The van der Waals surface area contributed by atoms with E-state index in [0.717, 1.165) is 92.3 Å². The Bertz CT molecular complexity index is 3160. The molecule has 0 aliphatic carbocycles. The molecular weight excluding hydrogens is 961 g/mol. The van der Waals surface area contributed by atoms with Crippen LogP contribution in [0.3, 0.4) is 0 Å². The predicted molar refractivity (Wildman–Crippen MR) is 264 cm³/mol. The van der Waals surface area contributed by atoms with E-state index in [-0.39, 0.29) is 27.8 Å². The van der Waals surface area contributed by atoms with Crippen LogP contribution in [0.5, 0.6) is 0 Å². The van der Waals surface area contributed by atoms with E-state index >= 15 is 0 Å². The van der Waals surface area contributed by atoms with E-state index in [1.54, 1.807) is 0 Å². The van der Waals surface area contributed by atoms with Gasteiger partial charge in [0, 0.05) is 34.6 Å². The second-order valence-corrected chi connectivity index (χ2v) is 17.1. The number of anilines is 6. The Morgan fingerprint density at radius 2 is 1.11 bits per heavy atom. The second-order valence-electron chi connectivity index (χ2n) is 17.1. The molecule has 314 valence electrons. The van der Waals surface area contributed by atoms with Crippen LogP contribution in [-0.2, 0) is 40.3 Å². The Morgan fingerprint density at radius 1 is 0.547 bits per heavy atom. The summed E-state index contributed by atoms with van der Waals surface area (Å²) in [7, 11) is 0. The first kappa shape index (κ1) is 41.5. The number of pyridine rings is 1. The summed E-state index contributed by atoms with van der Waals surface area (Å²) in [5.41, 5.74) is 21.4. The fourth-order valence-electron chi connectivity index (χ4n) is 9.67. The van der Waals surface area contributed by atoms with Gasteiger partial charge in [-0.3, -0.25) is 4.98 Å². The van der Waals surface area contributed by atoms with Crippen molar-refractivity contribution in [1.82, 2.24) is 14.5 Å². The first-order valence-electron chi connectivity index (χ1n) is 22.5. The largest absolute Gasteiger partial charge is 2.00 e. The van der Waals surface area contributed by atoms with Crippen LogP contribution >= 0.6 is 0 Å². The zero-order valence-corrected chi connectivity index (χ0v) is 39.1. The van der Waals surface area contributed by atoms with Crippen LogP contribution in [0, 0.1) is 12.1 Å². The van der Waals surface area contributed by atoms with Gasteiger partial charge in [-0.2, -0.15) is 0 Å². The number of hydrogen-bond donors (Lipinski definition) is 0. The molecule has 64 heavy (non-hydrogen) atoms. The van der Waals surface area contributed by atoms with Crippen LogP contribution in [0.4, 0.5) is 34.1 Å². The van der Waals surface area contributed by atoms with Crippen molar-refractivity contribution in [2.45, 2.75) is 59.8 Å². The summed E-state index contributed by atoms with van der Waals surface area (Å²) < 4.78 is 2.28. The number of benzene rings is 7. The number of aryl methyl sites for hydroxylation is 3. The van der Waals surface area contributed by atoms with Crippen LogP contribution < -0.4 is 26.2 Å². The number of rotatable bonds is 9. The number of para-hydroxylation sites is 3. The fourth-order valence-corrected chi connectivity index (χ4v) is 9.67. The van der Waals surface area contributed by atoms with Crippen molar-refractivity contribution in [3.63, 3.8) is 0 Å². The molecule has 0 N–H and O–H groups in total. The third-order valence-corrected chi connectivity index (χ3v) is 13.1. The van der Waals surface area contributed by atoms with Crippen molar-refractivity contribution in [2.75, 3.05) is 9.80 Å². The second kappa shape index (κ2) is 16.9. The van der Waals surface area contributed by atoms with Crippen molar-refractivity contribution < 1.29 is 21.1 Å². The maximum atomic E-state index is 5.33. The number of fused-ring (bicyclic) bond motifs is 5. The Labute approximate surface area is 391 Å². The quantitative estimate of drug-likeness (QED) is 0.107. The van der Waals surface area contributed by atoms with E-state index in [4.69, 9.17) is 9.97 Å². The molecule has 4 heterocycles. The van der Waals surface area contributed by atoms with Crippen LogP contribution in [-0.4, -0.2) is 21.2 Å². The van der Waals surface area contributed by atoms with E-state index in [9.17, 15) is 0 Å². The molecule has 0 atom stereocenters. The molecule has 0 radical (unpaired) electrons. The van der Waals surface area contributed by atoms with E-state index in [1.165, 1.54) is 39.1 Å². The van der Waals surface area contributed by atoms with Crippen molar-refractivity contribution in [1.29, 1.82) is 0 Å². The third-order valence-electron chi connectivity index (χ3n) is 13.1. The van der Waals surface area contributed by atoms with Gasteiger partial charge in [-0.05, 0) is 131 Å². The van der Waals surface area contributed by atoms with Gasteiger partial charge in [0.25, 0.3) is 0 Å². The molecule has 2 aliphatic heterocycles. The van der Waals surface area contributed by atoms with Gasteiger partial charge in [-0.25, -0.2) is 0 Å². The average molecular weight is 1010 g/mol. The summed E-state index contributed by atoms with van der Waals surface area (Å²) in [6.45, 7) is 11.0. The summed E-state index contributed by atoms with van der Waals surface area (Å²) >= 11 is 0. The van der Waals surface area contributed by atoms with Crippen molar-refractivity contribution in [3.8, 4) is 28.3 Å². The molecule has 2 aromatic heterocycles. The smallest absolute Gasteiger partial charge is 0.352 e. The van der Waals surface area contributed by atoms with Crippen LogP contribution in [0.1, 0.15) is 62.8 Å². The van der Waals surface area contributed by atoms with Crippen molar-refractivity contribution in [2.24, 2.45) is 0 Å². The third kappa shape index (κ3) is 6.91. The van der Waals surface area contributed by atoms with Gasteiger partial charge in [-0.15, -0.1) is 58.5 Å². The van der Waals surface area contributed by atoms with Crippen LogP contribution in [0.25, 0.3) is 39.4 Å². The molecule has 0 amide bonds. The summed E-state index contributed by atoms with van der Waals surface area (Å²) in [6, 6.07) is 63.6. The molecule has 2 aliphatic rings. The molecule has 11 rings (SSSR count). The van der Waals surface area contributed by atoms with Crippen LogP contribution in [0.15, 0.2) is 158 Å². The van der Waals surface area contributed by atoms with E-state index < -0.39 is 0 Å². The summed E-state index contributed by atoms with van der Waals surface area (Å²) in [5.74, 6) is 1.24. The van der Waals surface area contributed by atoms with E-state index in [0.29, 0.717) is 5.92 Å². The maximum absolute atomic E-state index is 5.33. The monoisotopic (exact) mass is 1010 g/mol. The zero-order valence-electron chi connectivity index (χ0n) is 36.8. The minimum Gasteiger partial charge on any atom is -0.352 e. The molecule has 7 aromatic carbocycles. The number of hydrogen-bond acceptors (Lipinski definition) is 4. The van der Waals surface area contributed by atoms with Gasteiger partial charge < -0.3 is 19.4 Å². The SMILES string of the molecule is CCc1ccc(N2c3ccc(-c4cc(C(C)C)ccn4)[c-]c3B3c4[c-]c(-c5nc6ccccc6n5-c5ccccc5)ccc4N(c4ccc(CC)cc4)c4cc(CC)cc2c43)cc1.[Pt+2]. The van der Waals surface area contributed by atoms with Gasteiger partial charge in [0.05, 0.1) is 16.9 Å². The molecule has 0 saturated carbocycles. The Balaban J connectivity index is 0.00000484.